The maximum Gasteiger partial charge on any atom is 0.231 e. The Kier molecular flexibility index (Phi) is 4.89. The summed E-state index contributed by atoms with van der Waals surface area (Å²) in [5.41, 5.74) is 2.40. The van der Waals surface area contributed by atoms with Gasteiger partial charge in [0.25, 0.3) is 0 Å². The van der Waals surface area contributed by atoms with Crippen LogP contribution in [0.25, 0.3) is 0 Å². The van der Waals surface area contributed by atoms with Crippen molar-refractivity contribution in [2.75, 3.05) is 6.79 Å². The van der Waals surface area contributed by atoms with Crippen LogP contribution in [-0.2, 0) is 6.61 Å². The van der Waals surface area contributed by atoms with E-state index in [1.54, 1.807) is 6.07 Å². The first-order chi connectivity index (χ1) is 15.2. The number of nitrogens with zero attached hydrogens (tertiary/aromatic N) is 1. The van der Waals surface area contributed by atoms with Gasteiger partial charge >= 0.3 is 0 Å². The zero-order chi connectivity index (χ0) is 21.4. The van der Waals surface area contributed by atoms with Crippen molar-refractivity contribution in [1.29, 1.82) is 10.7 Å². The first-order valence-electron chi connectivity index (χ1n) is 9.70. The fourth-order valence-electron chi connectivity index (χ4n) is 3.90. The van der Waals surface area contributed by atoms with Crippen molar-refractivity contribution in [2.45, 2.75) is 12.5 Å². The van der Waals surface area contributed by atoms with Crippen LogP contribution in [0, 0.1) is 22.7 Å². The van der Waals surface area contributed by atoms with Gasteiger partial charge in [0.15, 0.2) is 11.5 Å². The van der Waals surface area contributed by atoms with Gasteiger partial charge in [0.2, 0.25) is 12.7 Å². The molecule has 7 heteroatoms. The largest absolute Gasteiger partial charge is 0.489 e. The highest BCUT2D eigenvalue weighted by atomic mass is 35.5. The molecule has 0 saturated heterocycles. The Morgan fingerprint density at radius 3 is 2.55 bits per heavy atom. The van der Waals surface area contributed by atoms with E-state index in [0.29, 0.717) is 28.0 Å². The van der Waals surface area contributed by atoms with E-state index >= 15 is 0 Å². The van der Waals surface area contributed by atoms with Gasteiger partial charge in [0.05, 0.1) is 6.07 Å². The molecule has 5 rings (SSSR count). The standard InChI is InChI=1S/C24H17ClN2O4/c25-18-7-3-1-5-14(18)12-28-19-8-4-2-6-15(19)23-16-9-21-22(30-13-29-21)10-20(16)31-24(27)17(23)11-26/h1-10,17,23,27H,12-13H2. The van der Waals surface area contributed by atoms with Crippen LogP contribution in [0.5, 0.6) is 23.0 Å². The van der Waals surface area contributed by atoms with Crippen LogP contribution in [0.4, 0.5) is 0 Å². The summed E-state index contributed by atoms with van der Waals surface area (Å²) in [6.07, 6.45) is 0. The van der Waals surface area contributed by atoms with Crippen molar-refractivity contribution >= 4 is 17.5 Å². The molecule has 2 atom stereocenters. The predicted molar refractivity (Wildman–Crippen MR) is 114 cm³/mol. The minimum absolute atomic E-state index is 0.111. The molecule has 0 saturated carbocycles. The molecule has 1 N–H and O–H groups in total. The first-order valence-corrected chi connectivity index (χ1v) is 10.1. The number of para-hydroxylation sites is 1. The van der Waals surface area contributed by atoms with Gasteiger partial charge in [-0.3, -0.25) is 5.41 Å². The zero-order valence-corrected chi connectivity index (χ0v) is 17.1. The van der Waals surface area contributed by atoms with Crippen LogP contribution in [0.1, 0.15) is 22.6 Å². The van der Waals surface area contributed by atoms with Gasteiger partial charge in [-0.2, -0.15) is 5.26 Å². The average molecular weight is 433 g/mol. The summed E-state index contributed by atoms with van der Waals surface area (Å²) in [6.45, 7) is 0.405. The molecular weight excluding hydrogens is 416 g/mol. The van der Waals surface area contributed by atoms with E-state index in [2.05, 4.69) is 6.07 Å². The molecule has 31 heavy (non-hydrogen) atoms. The van der Waals surface area contributed by atoms with Gasteiger partial charge in [-0.1, -0.05) is 48.0 Å². The first kappa shape index (κ1) is 19.3. The Labute approximate surface area is 184 Å². The lowest BCUT2D eigenvalue weighted by molar-refractivity contribution is 0.174. The van der Waals surface area contributed by atoms with E-state index in [9.17, 15) is 5.26 Å². The Morgan fingerprint density at radius 2 is 1.74 bits per heavy atom. The highest BCUT2D eigenvalue weighted by Crippen LogP contribution is 2.49. The zero-order valence-electron chi connectivity index (χ0n) is 16.3. The predicted octanol–water partition coefficient (Wildman–Crippen LogP) is 5.29. The van der Waals surface area contributed by atoms with Crippen molar-refractivity contribution < 1.29 is 18.9 Å². The highest BCUT2D eigenvalue weighted by molar-refractivity contribution is 6.31. The smallest absolute Gasteiger partial charge is 0.231 e. The average Bonchev–Trinajstić information content (AvgIpc) is 3.24. The maximum atomic E-state index is 9.86. The second kappa shape index (κ2) is 7.86. The van der Waals surface area contributed by atoms with Crippen molar-refractivity contribution in [1.82, 2.24) is 0 Å². The Hall–Kier alpha value is -3.69. The lowest BCUT2D eigenvalue weighted by Gasteiger charge is -2.31. The number of nitriles is 1. The number of rotatable bonds is 4. The molecule has 0 amide bonds. The minimum atomic E-state index is -0.807. The summed E-state index contributed by atoms with van der Waals surface area (Å²) in [5.74, 6) is 0.865. The quantitative estimate of drug-likeness (QED) is 0.605. The molecule has 2 heterocycles. The SMILES string of the molecule is N#CC1C(=N)Oc2cc3c(cc2C1c1ccccc1OCc1ccccc1Cl)OCO3. The third-order valence-electron chi connectivity index (χ3n) is 5.41. The fraction of sp³-hybridized carbons (Fsp3) is 0.167. The van der Waals surface area contributed by atoms with Gasteiger partial charge in [0.1, 0.15) is 24.0 Å². The number of hydrogen-bond donors (Lipinski definition) is 1. The molecule has 0 fully saturated rings. The number of benzene rings is 3. The summed E-state index contributed by atoms with van der Waals surface area (Å²) < 4.78 is 22.8. The molecule has 3 aromatic carbocycles. The summed E-state index contributed by atoms with van der Waals surface area (Å²) >= 11 is 6.27. The normalized spacial score (nSPS) is 18.6. The van der Waals surface area contributed by atoms with E-state index in [1.165, 1.54) is 0 Å². The van der Waals surface area contributed by atoms with Crippen LogP contribution < -0.4 is 18.9 Å². The van der Waals surface area contributed by atoms with Crippen LogP contribution in [0.2, 0.25) is 5.02 Å². The maximum absolute atomic E-state index is 9.86. The van der Waals surface area contributed by atoms with Gasteiger partial charge in [0, 0.05) is 33.7 Å². The number of fused-ring (bicyclic) bond motifs is 2. The molecular formula is C24H17ClN2O4. The van der Waals surface area contributed by atoms with E-state index in [1.807, 2.05) is 54.6 Å². The number of ether oxygens (including phenoxy) is 4. The van der Waals surface area contributed by atoms with Gasteiger partial charge in [-0.15, -0.1) is 0 Å². The number of hydrogen-bond acceptors (Lipinski definition) is 6. The third-order valence-corrected chi connectivity index (χ3v) is 5.78. The molecule has 0 bridgehead atoms. The van der Waals surface area contributed by atoms with Gasteiger partial charge in [-0.25, -0.2) is 0 Å². The summed E-state index contributed by atoms with van der Waals surface area (Å²) in [6, 6.07) is 20.8. The van der Waals surface area contributed by atoms with Crippen molar-refractivity contribution in [3.8, 4) is 29.1 Å². The third kappa shape index (κ3) is 3.43. The van der Waals surface area contributed by atoms with E-state index < -0.39 is 11.8 Å². The molecule has 154 valence electrons. The molecule has 0 aromatic heterocycles. The Morgan fingerprint density at radius 1 is 1.00 bits per heavy atom. The topological polar surface area (TPSA) is 84.6 Å². The molecule has 0 spiro atoms. The van der Waals surface area contributed by atoms with Crippen molar-refractivity contribution in [3.63, 3.8) is 0 Å². The van der Waals surface area contributed by atoms with Crippen LogP contribution in [0.3, 0.4) is 0 Å². The second-order valence-electron chi connectivity index (χ2n) is 7.21. The summed E-state index contributed by atoms with van der Waals surface area (Å²) in [5, 5.41) is 18.8. The molecule has 0 radical (unpaired) electrons. The molecule has 6 nitrogen and oxygen atoms in total. The monoisotopic (exact) mass is 432 g/mol. The highest BCUT2D eigenvalue weighted by Gasteiger charge is 2.39. The summed E-state index contributed by atoms with van der Waals surface area (Å²) in [7, 11) is 0. The molecule has 2 unspecified atom stereocenters. The number of nitrogens with one attached hydrogen (secondary N) is 1. The van der Waals surface area contributed by atoms with Crippen molar-refractivity contribution in [2.24, 2.45) is 5.92 Å². The Bertz CT molecular complexity index is 1220. The van der Waals surface area contributed by atoms with Crippen molar-refractivity contribution in [3.05, 3.63) is 82.4 Å². The molecule has 2 aliphatic rings. The second-order valence-corrected chi connectivity index (χ2v) is 7.62. The Balaban J connectivity index is 1.57. The minimum Gasteiger partial charge on any atom is -0.489 e. The lowest BCUT2D eigenvalue weighted by atomic mass is 9.78. The van der Waals surface area contributed by atoms with E-state index in [-0.39, 0.29) is 19.3 Å². The molecule has 3 aromatic rings. The fourth-order valence-corrected chi connectivity index (χ4v) is 4.09. The van der Waals surface area contributed by atoms with Crippen LogP contribution >= 0.6 is 11.6 Å². The molecule has 0 aliphatic carbocycles. The van der Waals surface area contributed by atoms with Gasteiger partial charge < -0.3 is 18.9 Å². The van der Waals surface area contributed by atoms with E-state index in [4.69, 9.17) is 36.0 Å². The molecule has 2 aliphatic heterocycles. The van der Waals surface area contributed by atoms with E-state index in [0.717, 1.165) is 16.7 Å². The summed E-state index contributed by atoms with van der Waals surface area (Å²) in [4.78, 5) is 0. The lowest BCUT2D eigenvalue weighted by Crippen LogP contribution is -2.31. The van der Waals surface area contributed by atoms with Gasteiger partial charge in [-0.05, 0) is 18.2 Å². The number of halogens is 1. The van der Waals surface area contributed by atoms with Crippen LogP contribution in [0.15, 0.2) is 60.7 Å². The van der Waals surface area contributed by atoms with Crippen LogP contribution in [-0.4, -0.2) is 12.7 Å².